The van der Waals surface area contributed by atoms with Crippen LogP contribution < -0.4 is 5.32 Å². The maximum Gasteiger partial charge on any atom is 0.00966 e. The summed E-state index contributed by atoms with van der Waals surface area (Å²) in [6.07, 6.45) is 2.85. The summed E-state index contributed by atoms with van der Waals surface area (Å²) in [5.74, 6) is 0.754. The van der Waals surface area contributed by atoms with Crippen molar-refractivity contribution in [1.29, 1.82) is 0 Å². The Kier molecular flexibility index (Phi) is 4.60. The number of rotatable bonds is 6. The first-order valence-electron chi connectivity index (χ1n) is 6.41. The maximum absolute atomic E-state index is 3.58. The summed E-state index contributed by atoms with van der Waals surface area (Å²) in [5.41, 5.74) is 0.255. The van der Waals surface area contributed by atoms with Crippen molar-refractivity contribution in [2.45, 2.75) is 59.0 Å². The average Bonchev–Trinajstić information content (AvgIpc) is 2.93. The third-order valence-corrected chi connectivity index (χ3v) is 3.00. The van der Waals surface area contributed by atoms with Gasteiger partial charge in [0.25, 0.3) is 0 Å². The standard InChI is InChI=1S/C13H28N2/c1-6-15(12-7-8-12)10-11(2)9-14-13(3,4)5/h11-12,14H,6-10H2,1-5H3. The molecule has 1 rings (SSSR count). The summed E-state index contributed by atoms with van der Waals surface area (Å²) in [4.78, 5) is 2.63. The molecule has 1 saturated carbocycles. The topological polar surface area (TPSA) is 15.3 Å². The van der Waals surface area contributed by atoms with Gasteiger partial charge in [0.2, 0.25) is 0 Å². The fourth-order valence-electron chi connectivity index (χ4n) is 1.92. The molecule has 0 aromatic heterocycles. The van der Waals surface area contributed by atoms with Gasteiger partial charge in [0.1, 0.15) is 0 Å². The highest BCUT2D eigenvalue weighted by atomic mass is 15.2. The highest BCUT2D eigenvalue weighted by Gasteiger charge is 2.28. The largest absolute Gasteiger partial charge is 0.312 e. The molecule has 2 nitrogen and oxygen atoms in total. The van der Waals surface area contributed by atoms with E-state index in [0.717, 1.165) is 18.5 Å². The summed E-state index contributed by atoms with van der Waals surface area (Å²) < 4.78 is 0. The first kappa shape index (κ1) is 13.0. The van der Waals surface area contributed by atoms with Gasteiger partial charge in [0, 0.05) is 18.1 Å². The van der Waals surface area contributed by atoms with Gasteiger partial charge in [-0.3, -0.25) is 0 Å². The fraction of sp³-hybridized carbons (Fsp3) is 1.00. The van der Waals surface area contributed by atoms with E-state index in [1.54, 1.807) is 0 Å². The van der Waals surface area contributed by atoms with Crippen LogP contribution in [0.4, 0.5) is 0 Å². The van der Waals surface area contributed by atoms with Crippen LogP contribution in [0.5, 0.6) is 0 Å². The lowest BCUT2D eigenvalue weighted by atomic mass is 10.1. The minimum absolute atomic E-state index is 0.255. The molecule has 0 amide bonds. The van der Waals surface area contributed by atoms with Crippen LogP contribution in [-0.2, 0) is 0 Å². The van der Waals surface area contributed by atoms with Gasteiger partial charge < -0.3 is 10.2 Å². The van der Waals surface area contributed by atoms with E-state index in [2.05, 4.69) is 44.8 Å². The predicted octanol–water partition coefficient (Wildman–Crippen LogP) is 2.49. The third kappa shape index (κ3) is 5.53. The first-order chi connectivity index (χ1) is 6.92. The van der Waals surface area contributed by atoms with Crippen molar-refractivity contribution in [2.24, 2.45) is 5.92 Å². The van der Waals surface area contributed by atoms with Gasteiger partial charge in [-0.2, -0.15) is 0 Å². The molecule has 0 radical (unpaired) electrons. The lowest BCUT2D eigenvalue weighted by Gasteiger charge is -2.27. The first-order valence-corrected chi connectivity index (χ1v) is 6.41. The second kappa shape index (κ2) is 5.31. The van der Waals surface area contributed by atoms with Crippen molar-refractivity contribution in [3.8, 4) is 0 Å². The second-order valence-electron chi connectivity index (χ2n) is 6.05. The molecule has 1 unspecified atom stereocenters. The van der Waals surface area contributed by atoms with Gasteiger partial charge in [0.05, 0.1) is 0 Å². The van der Waals surface area contributed by atoms with Gasteiger partial charge in [-0.25, -0.2) is 0 Å². The van der Waals surface area contributed by atoms with Crippen molar-refractivity contribution in [1.82, 2.24) is 10.2 Å². The average molecular weight is 212 g/mol. The van der Waals surface area contributed by atoms with E-state index in [-0.39, 0.29) is 5.54 Å². The molecule has 15 heavy (non-hydrogen) atoms. The van der Waals surface area contributed by atoms with Crippen LogP contribution in [0, 0.1) is 5.92 Å². The maximum atomic E-state index is 3.58. The van der Waals surface area contributed by atoms with Gasteiger partial charge in [-0.05, 0) is 52.6 Å². The van der Waals surface area contributed by atoms with E-state index in [1.807, 2.05) is 0 Å². The van der Waals surface area contributed by atoms with Crippen LogP contribution in [0.1, 0.15) is 47.5 Å². The molecular weight excluding hydrogens is 184 g/mol. The Hall–Kier alpha value is -0.0800. The number of hydrogen-bond acceptors (Lipinski definition) is 2. The monoisotopic (exact) mass is 212 g/mol. The molecule has 0 heterocycles. The Bertz CT molecular complexity index is 179. The van der Waals surface area contributed by atoms with Crippen molar-refractivity contribution >= 4 is 0 Å². The van der Waals surface area contributed by atoms with E-state index >= 15 is 0 Å². The molecule has 2 heteroatoms. The third-order valence-electron chi connectivity index (χ3n) is 3.00. The predicted molar refractivity (Wildman–Crippen MR) is 67.2 cm³/mol. The lowest BCUT2D eigenvalue weighted by molar-refractivity contribution is 0.228. The molecule has 1 aliphatic carbocycles. The molecule has 90 valence electrons. The van der Waals surface area contributed by atoms with Crippen molar-refractivity contribution < 1.29 is 0 Å². The summed E-state index contributed by atoms with van der Waals surface area (Å²) in [7, 11) is 0. The molecule has 0 spiro atoms. The highest BCUT2D eigenvalue weighted by molar-refractivity contribution is 4.85. The Morgan fingerprint density at radius 2 is 1.93 bits per heavy atom. The zero-order chi connectivity index (χ0) is 11.5. The molecule has 0 aromatic carbocycles. The fourth-order valence-corrected chi connectivity index (χ4v) is 1.92. The zero-order valence-corrected chi connectivity index (χ0v) is 11.1. The normalized spacial score (nSPS) is 19.6. The molecule has 0 saturated heterocycles. The van der Waals surface area contributed by atoms with Crippen LogP contribution in [0.25, 0.3) is 0 Å². The second-order valence-corrected chi connectivity index (χ2v) is 6.05. The van der Waals surface area contributed by atoms with Crippen molar-refractivity contribution in [3.63, 3.8) is 0 Å². The quantitative estimate of drug-likeness (QED) is 0.728. The highest BCUT2D eigenvalue weighted by Crippen LogP contribution is 2.27. The number of nitrogens with zero attached hydrogens (tertiary/aromatic N) is 1. The minimum atomic E-state index is 0.255. The van der Waals surface area contributed by atoms with Crippen LogP contribution in [0.2, 0.25) is 0 Å². The molecule has 0 aromatic rings. The van der Waals surface area contributed by atoms with Crippen LogP contribution in [0.3, 0.4) is 0 Å². The summed E-state index contributed by atoms with van der Waals surface area (Å²) in [5, 5.41) is 3.58. The molecule has 0 aliphatic heterocycles. The number of hydrogen-bond donors (Lipinski definition) is 1. The zero-order valence-electron chi connectivity index (χ0n) is 11.1. The van der Waals surface area contributed by atoms with Gasteiger partial charge in [-0.15, -0.1) is 0 Å². The Morgan fingerprint density at radius 3 is 2.33 bits per heavy atom. The Balaban J connectivity index is 2.19. The Morgan fingerprint density at radius 1 is 1.33 bits per heavy atom. The molecular formula is C13H28N2. The van der Waals surface area contributed by atoms with E-state index in [1.165, 1.54) is 25.9 Å². The van der Waals surface area contributed by atoms with E-state index in [9.17, 15) is 0 Å². The van der Waals surface area contributed by atoms with E-state index in [4.69, 9.17) is 0 Å². The summed E-state index contributed by atoms with van der Waals surface area (Å²) in [6, 6.07) is 0.909. The van der Waals surface area contributed by atoms with Crippen molar-refractivity contribution in [3.05, 3.63) is 0 Å². The molecule has 1 atom stereocenters. The molecule has 0 bridgehead atoms. The van der Waals surface area contributed by atoms with Crippen LogP contribution in [-0.4, -0.2) is 36.1 Å². The Labute approximate surface area is 95.4 Å². The molecule has 1 fully saturated rings. The summed E-state index contributed by atoms with van der Waals surface area (Å²) in [6.45, 7) is 14.9. The van der Waals surface area contributed by atoms with Gasteiger partial charge in [-0.1, -0.05) is 13.8 Å². The molecule has 1 N–H and O–H groups in total. The van der Waals surface area contributed by atoms with E-state index in [0.29, 0.717) is 0 Å². The number of nitrogens with one attached hydrogen (secondary N) is 1. The van der Waals surface area contributed by atoms with Crippen LogP contribution >= 0.6 is 0 Å². The van der Waals surface area contributed by atoms with Crippen molar-refractivity contribution in [2.75, 3.05) is 19.6 Å². The van der Waals surface area contributed by atoms with Gasteiger partial charge in [0.15, 0.2) is 0 Å². The van der Waals surface area contributed by atoms with Crippen LogP contribution in [0.15, 0.2) is 0 Å². The van der Waals surface area contributed by atoms with E-state index < -0.39 is 0 Å². The molecule has 1 aliphatic rings. The summed E-state index contributed by atoms with van der Waals surface area (Å²) >= 11 is 0. The van der Waals surface area contributed by atoms with Gasteiger partial charge >= 0.3 is 0 Å². The smallest absolute Gasteiger partial charge is 0.00966 e. The lowest BCUT2D eigenvalue weighted by Crippen LogP contribution is -2.41. The minimum Gasteiger partial charge on any atom is -0.312 e. The SMILES string of the molecule is CCN(CC(C)CNC(C)(C)C)C1CC1.